The van der Waals surface area contributed by atoms with Gasteiger partial charge in [-0.2, -0.15) is 0 Å². The highest BCUT2D eigenvalue weighted by Crippen LogP contribution is 2.17. The molecule has 0 aliphatic heterocycles. The van der Waals surface area contributed by atoms with Gasteiger partial charge in [0.15, 0.2) is 5.92 Å². The van der Waals surface area contributed by atoms with Gasteiger partial charge in [0.2, 0.25) is 0 Å². The summed E-state index contributed by atoms with van der Waals surface area (Å²) in [6.45, 7) is 0. The molecule has 0 fully saturated rings. The van der Waals surface area contributed by atoms with Crippen LogP contribution in [-0.2, 0) is 16.0 Å². The van der Waals surface area contributed by atoms with E-state index < -0.39 is 17.9 Å². The molecule has 0 bridgehead atoms. The van der Waals surface area contributed by atoms with Gasteiger partial charge in [-0.05, 0) is 30.4 Å². The number of thioether (sulfide) groups is 1. The molecule has 0 aliphatic carbocycles. The first-order valence-corrected chi connectivity index (χ1v) is 5.85. The molecule has 0 saturated heterocycles. The molecule has 1 rings (SSSR count). The molecular formula is C11H12O4S. The zero-order valence-electron chi connectivity index (χ0n) is 8.71. The van der Waals surface area contributed by atoms with Crippen LogP contribution in [0.3, 0.4) is 0 Å². The Morgan fingerprint density at radius 1 is 1.19 bits per heavy atom. The summed E-state index contributed by atoms with van der Waals surface area (Å²) in [5, 5.41) is 17.4. The molecule has 0 amide bonds. The number of aliphatic carboxylic acids is 2. The molecule has 16 heavy (non-hydrogen) atoms. The largest absolute Gasteiger partial charge is 0.481 e. The lowest BCUT2D eigenvalue weighted by atomic mass is 10.00. The van der Waals surface area contributed by atoms with E-state index in [1.54, 1.807) is 23.9 Å². The highest BCUT2D eigenvalue weighted by molar-refractivity contribution is 7.98. The molecule has 4 nitrogen and oxygen atoms in total. The molecule has 86 valence electrons. The molecule has 2 N–H and O–H groups in total. The number of carbonyl (C=O) groups is 2. The molecule has 5 heteroatoms. The van der Waals surface area contributed by atoms with Crippen LogP contribution in [0, 0.1) is 5.92 Å². The molecule has 0 atom stereocenters. The Hall–Kier alpha value is -1.49. The van der Waals surface area contributed by atoms with Crippen molar-refractivity contribution in [3.05, 3.63) is 29.8 Å². The van der Waals surface area contributed by atoms with Crippen LogP contribution in [0.15, 0.2) is 29.2 Å². The predicted octanol–water partition coefficient (Wildman–Crippen LogP) is 1.74. The van der Waals surface area contributed by atoms with Crippen molar-refractivity contribution in [2.24, 2.45) is 5.92 Å². The lowest BCUT2D eigenvalue weighted by Gasteiger charge is -2.07. The highest BCUT2D eigenvalue weighted by atomic mass is 32.2. The van der Waals surface area contributed by atoms with Crippen molar-refractivity contribution in [1.82, 2.24) is 0 Å². The van der Waals surface area contributed by atoms with Crippen molar-refractivity contribution >= 4 is 23.7 Å². The van der Waals surface area contributed by atoms with Crippen LogP contribution in [0.2, 0.25) is 0 Å². The van der Waals surface area contributed by atoms with Gasteiger partial charge in [-0.1, -0.05) is 12.1 Å². The first-order valence-electron chi connectivity index (χ1n) is 4.63. The second kappa shape index (κ2) is 5.55. The summed E-state index contributed by atoms with van der Waals surface area (Å²) in [6.07, 6.45) is 1.95. The summed E-state index contributed by atoms with van der Waals surface area (Å²) < 4.78 is 0. The molecule has 0 aliphatic rings. The van der Waals surface area contributed by atoms with Gasteiger partial charge in [0.1, 0.15) is 0 Å². The van der Waals surface area contributed by atoms with Crippen LogP contribution in [0.5, 0.6) is 0 Å². The van der Waals surface area contributed by atoms with Crippen molar-refractivity contribution in [2.45, 2.75) is 11.3 Å². The maximum atomic E-state index is 10.7. The number of hydrogen-bond donors (Lipinski definition) is 2. The van der Waals surface area contributed by atoms with Gasteiger partial charge in [-0.25, -0.2) is 0 Å². The van der Waals surface area contributed by atoms with Gasteiger partial charge in [0, 0.05) is 4.90 Å². The van der Waals surface area contributed by atoms with Gasteiger partial charge in [-0.15, -0.1) is 11.8 Å². The van der Waals surface area contributed by atoms with Gasteiger partial charge >= 0.3 is 11.9 Å². The van der Waals surface area contributed by atoms with Gasteiger partial charge in [-0.3, -0.25) is 9.59 Å². The fraction of sp³-hybridized carbons (Fsp3) is 0.273. The second-order valence-electron chi connectivity index (χ2n) is 3.28. The second-order valence-corrected chi connectivity index (χ2v) is 4.16. The Kier molecular flexibility index (Phi) is 4.37. The van der Waals surface area contributed by atoms with E-state index in [4.69, 9.17) is 10.2 Å². The average molecular weight is 240 g/mol. The predicted molar refractivity (Wildman–Crippen MR) is 60.7 cm³/mol. The van der Waals surface area contributed by atoms with E-state index in [1.807, 2.05) is 18.4 Å². The Balaban J connectivity index is 2.77. The molecule has 0 heterocycles. The number of hydrogen-bond acceptors (Lipinski definition) is 3. The summed E-state index contributed by atoms with van der Waals surface area (Å²) in [5.74, 6) is -3.98. The van der Waals surface area contributed by atoms with Gasteiger partial charge < -0.3 is 10.2 Å². The van der Waals surface area contributed by atoms with Gasteiger partial charge in [0.25, 0.3) is 0 Å². The minimum atomic E-state index is -1.37. The van der Waals surface area contributed by atoms with Crippen molar-refractivity contribution in [2.75, 3.05) is 6.26 Å². The number of carboxylic acids is 2. The third kappa shape index (κ3) is 3.27. The summed E-state index contributed by atoms with van der Waals surface area (Å²) in [6, 6.07) is 7.21. The number of carboxylic acid groups (broad SMARTS) is 2. The first kappa shape index (κ1) is 12.6. The minimum Gasteiger partial charge on any atom is -0.481 e. The molecule has 0 aromatic heterocycles. The van der Waals surface area contributed by atoms with E-state index in [1.165, 1.54) is 0 Å². The van der Waals surface area contributed by atoms with Crippen LogP contribution in [-0.4, -0.2) is 28.4 Å². The van der Waals surface area contributed by atoms with Crippen molar-refractivity contribution in [1.29, 1.82) is 0 Å². The van der Waals surface area contributed by atoms with Gasteiger partial charge in [0.05, 0.1) is 0 Å². The molecule has 0 spiro atoms. The van der Waals surface area contributed by atoms with Crippen LogP contribution >= 0.6 is 11.8 Å². The number of benzene rings is 1. The Labute approximate surface area is 97.3 Å². The van der Waals surface area contributed by atoms with E-state index in [2.05, 4.69) is 0 Å². The topological polar surface area (TPSA) is 74.6 Å². The van der Waals surface area contributed by atoms with Crippen LogP contribution in [0.25, 0.3) is 0 Å². The highest BCUT2D eigenvalue weighted by Gasteiger charge is 2.25. The van der Waals surface area contributed by atoms with E-state index in [-0.39, 0.29) is 6.42 Å². The third-order valence-electron chi connectivity index (χ3n) is 2.20. The first-order chi connectivity index (χ1) is 7.54. The van der Waals surface area contributed by atoms with E-state index in [0.29, 0.717) is 5.56 Å². The van der Waals surface area contributed by atoms with E-state index >= 15 is 0 Å². The van der Waals surface area contributed by atoms with Crippen LogP contribution < -0.4 is 0 Å². The monoisotopic (exact) mass is 240 g/mol. The van der Waals surface area contributed by atoms with Crippen LogP contribution in [0.1, 0.15) is 5.56 Å². The normalized spacial score (nSPS) is 10.4. The summed E-state index contributed by atoms with van der Waals surface area (Å²) >= 11 is 1.58. The average Bonchev–Trinajstić information content (AvgIpc) is 2.25. The fourth-order valence-electron chi connectivity index (χ4n) is 1.28. The standard InChI is InChI=1S/C11H12O4S/c1-16-8-4-2-7(3-5-8)6-9(10(12)13)11(14)15/h2-5,9H,6H2,1H3,(H,12,13)(H,14,15). The summed E-state index contributed by atoms with van der Waals surface area (Å²) in [5.41, 5.74) is 0.715. The minimum absolute atomic E-state index is 0.0132. The maximum absolute atomic E-state index is 10.7. The van der Waals surface area contributed by atoms with Crippen molar-refractivity contribution < 1.29 is 19.8 Å². The zero-order valence-corrected chi connectivity index (χ0v) is 9.53. The van der Waals surface area contributed by atoms with E-state index in [0.717, 1.165) is 4.90 Å². The zero-order chi connectivity index (χ0) is 12.1. The summed E-state index contributed by atoms with van der Waals surface area (Å²) in [4.78, 5) is 22.4. The maximum Gasteiger partial charge on any atom is 0.318 e. The number of rotatable bonds is 5. The Morgan fingerprint density at radius 2 is 1.69 bits per heavy atom. The Bertz CT molecular complexity index is 371. The quantitative estimate of drug-likeness (QED) is 0.605. The summed E-state index contributed by atoms with van der Waals surface area (Å²) in [7, 11) is 0. The Morgan fingerprint density at radius 3 is 2.06 bits per heavy atom. The molecule has 0 radical (unpaired) electrons. The smallest absolute Gasteiger partial charge is 0.318 e. The van der Waals surface area contributed by atoms with Crippen molar-refractivity contribution in [3.8, 4) is 0 Å². The molecular weight excluding hydrogens is 228 g/mol. The SMILES string of the molecule is CSc1ccc(CC(C(=O)O)C(=O)O)cc1. The van der Waals surface area contributed by atoms with Crippen LogP contribution in [0.4, 0.5) is 0 Å². The lowest BCUT2D eigenvalue weighted by molar-refractivity contribution is -0.154. The lowest BCUT2D eigenvalue weighted by Crippen LogP contribution is -2.25. The van der Waals surface area contributed by atoms with Crippen molar-refractivity contribution in [3.63, 3.8) is 0 Å². The molecule has 0 unspecified atom stereocenters. The fourth-order valence-corrected chi connectivity index (χ4v) is 1.69. The third-order valence-corrected chi connectivity index (χ3v) is 2.94. The molecule has 1 aromatic rings. The van der Waals surface area contributed by atoms with E-state index in [9.17, 15) is 9.59 Å². The molecule has 1 aromatic carbocycles. The molecule has 0 saturated carbocycles.